The van der Waals surface area contributed by atoms with Gasteiger partial charge in [-0.1, -0.05) is 30.3 Å². The number of unbranched alkanes of at least 4 members (excludes halogenated alkanes) is 3. The summed E-state index contributed by atoms with van der Waals surface area (Å²) in [6.07, 6.45) is 2.98. The quantitative estimate of drug-likeness (QED) is 0.116. The molecule has 0 aliphatic carbocycles. The minimum atomic E-state index is -0.582. The number of esters is 3. The van der Waals surface area contributed by atoms with E-state index in [0.717, 1.165) is 12.8 Å². The van der Waals surface area contributed by atoms with Crippen molar-refractivity contribution in [1.29, 1.82) is 0 Å². The highest BCUT2D eigenvalue weighted by Crippen LogP contribution is 2.20. The zero-order chi connectivity index (χ0) is 26.0. The molecule has 2 saturated heterocycles. The second-order valence-corrected chi connectivity index (χ2v) is 8.91. The Balaban J connectivity index is 1.11. The summed E-state index contributed by atoms with van der Waals surface area (Å²) >= 11 is 0. The lowest BCUT2D eigenvalue weighted by Crippen LogP contribution is -2.16. The van der Waals surface area contributed by atoms with Crippen LogP contribution in [-0.4, -0.2) is 68.9 Å². The van der Waals surface area contributed by atoms with E-state index in [2.05, 4.69) is 0 Å². The van der Waals surface area contributed by atoms with Gasteiger partial charge in [0.25, 0.3) is 0 Å². The van der Waals surface area contributed by atoms with Gasteiger partial charge in [-0.3, -0.25) is 4.79 Å². The Labute approximate surface area is 215 Å². The molecule has 0 aromatic heterocycles. The number of benzene rings is 2. The Morgan fingerprint density at radius 3 is 1.54 bits per heavy atom. The van der Waals surface area contributed by atoms with E-state index in [1.807, 2.05) is 0 Å². The summed E-state index contributed by atoms with van der Waals surface area (Å²) in [5.74, 6) is -1.81. The van der Waals surface area contributed by atoms with E-state index in [4.69, 9.17) is 23.7 Å². The molecule has 2 aromatic rings. The summed E-state index contributed by atoms with van der Waals surface area (Å²) in [5.41, 5.74) is 0.959. The van der Waals surface area contributed by atoms with Gasteiger partial charge in [0.1, 0.15) is 12.7 Å². The van der Waals surface area contributed by atoms with Gasteiger partial charge in [0.15, 0.2) is 5.78 Å². The van der Waals surface area contributed by atoms with Crippen molar-refractivity contribution in [3.05, 3.63) is 70.8 Å². The minimum absolute atomic E-state index is 0.0467. The molecule has 2 aromatic carbocycles. The van der Waals surface area contributed by atoms with Gasteiger partial charge in [-0.2, -0.15) is 0 Å². The second-order valence-electron chi connectivity index (χ2n) is 8.91. The average Bonchev–Trinajstić information content (AvgIpc) is 3.85. The fourth-order valence-corrected chi connectivity index (χ4v) is 3.70. The van der Waals surface area contributed by atoms with E-state index in [1.54, 1.807) is 36.4 Å². The zero-order valence-electron chi connectivity index (χ0n) is 20.5. The molecule has 2 aliphatic rings. The van der Waals surface area contributed by atoms with Gasteiger partial charge < -0.3 is 23.7 Å². The summed E-state index contributed by atoms with van der Waals surface area (Å²) < 4.78 is 26.0. The Morgan fingerprint density at radius 2 is 1.05 bits per heavy atom. The molecule has 196 valence electrons. The molecule has 37 heavy (non-hydrogen) atoms. The average molecular weight is 511 g/mol. The SMILES string of the molecule is O=C(CC1CO1)c1ccccc1C(=O)OCCCCCCOC(=O)c1ccccc1C(=O)OCC1CO1. The number of carbonyl (C=O) groups excluding carboxylic acids is 4. The van der Waals surface area contributed by atoms with Gasteiger partial charge in [-0.25, -0.2) is 14.4 Å². The smallest absolute Gasteiger partial charge is 0.339 e. The highest BCUT2D eigenvalue weighted by atomic mass is 16.6. The normalized spacial score (nSPS) is 17.5. The van der Waals surface area contributed by atoms with E-state index in [0.29, 0.717) is 31.6 Å². The zero-order valence-corrected chi connectivity index (χ0v) is 20.5. The molecule has 0 spiro atoms. The van der Waals surface area contributed by atoms with Gasteiger partial charge in [-0.05, 0) is 43.9 Å². The molecule has 2 fully saturated rings. The molecular formula is C28H30O9. The molecule has 9 heteroatoms. The maximum Gasteiger partial charge on any atom is 0.339 e. The Morgan fingerprint density at radius 1 is 0.622 bits per heavy atom. The first-order valence-corrected chi connectivity index (χ1v) is 12.5. The molecule has 0 bridgehead atoms. The Bertz CT molecular complexity index is 1120. The van der Waals surface area contributed by atoms with Crippen molar-refractivity contribution < 1.29 is 42.9 Å². The summed E-state index contributed by atoms with van der Waals surface area (Å²) in [6, 6.07) is 13.0. The van der Waals surface area contributed by atoms with Crippen molar-refractivity contribution in [2.75, 3.05) is 33.0 Å². The molecule has 2 atom stereocenters. The Kier molecular flexibility index (Phi) is 9.40. The van der Waals surface area contributed by atoms with Crippen molar-refractivity contribution in [3.63, 3.8) is 0 Å². The fraction of sp³-hybridized carbons (Fsp3) is 0.429. The molecule has 0 saturated carbocycles. The summed E-state index contributed by atoms with van der Waals surface area (Å²) in [7, 11) is 0. The molecule has 0 radical (unpaired) electrons. The van der Waals surface area contributed by atoms with Crippen LogP contribution in [0, 0.1) is 0 Å². The van der Waals surface area contributed by atoms with Crippen LogP contribution in [0.3, 0.4) is 0 Å². The van der Waals surface area contributed by atoms with Crippen LogP contribution in [0.5, 0.6) is 0 Å². The number of carbonyl (C=O) groups is 4. The van der Waals surface area contributed by atoms with Crippen LogP contribution in [0.15, 0.2) is 48.5 Å². The number of hydrogen-bond acceptors (Lipinski definition) is 9. The molecule has 0 N–H and O–H groups in total. The van der Waals surface area contributed by atoms with Crippen LogP contribution in [0.4, 0.5) is 0 Å². The predicted molar refractivity (Wildman–Crippen MR) is 131 cm³/mol. The van der Waals surface area contributed by atoms with Crippen LogP contribution in [0.25, 0.3) is 0 Å². The summed E-state index contributed by atoms with van der Waals surface area (Å²) in [5, 5.41) is 0. The Hall–Kier alpha value is -3.56. The van der Waals surface area contributed by atoms with Crippen LogP contribution in [-0.2, 0) is 23.7 Å². The van der Waals surface area contributed by atoms with Crippen LogP contribution < -0.4 is 0 Å². The lowest BCUT2D eigenvalue weighted by molar-refractivity contribution is 0.0438. The molecule has 2 unspecified atom stereocenters. The minimum Gasteiger partial charge on any atom is -0.462 e. The third-order valence-corrected chi connectivity index (χ3v) is 5.94. The summed E-state index contributed by atoms with van der Waals surface area (Å²) in [4.78, 5) is 49.6. The molecule has 2 heterocycles. The highest BCUT2D eigenvalue weighted by molar-refractivity contribution is 6.06. The van der Waals surface area contributed by atoms with Gasteiger partial charge >= 0.3 is 17.9 Å². The largest absolute Gasteiger partial charge is 0.462 e. The van der Waals surface area contributed by atoms with E-state index in [9.17, 15) is 19.2 Å². The number of ketones is 1. The highest BCUT2D eigenvalue weighted by Gasteiger charge is 2.28. The number of hydrogen-bond donors (Lipinski definition) is 0. The third kappa shape index (κ3) is 8.23. The van der Waals surface area contributed by atoms with Crippen molar-refractivity contribution in [2.24, 2.45) is 0 Å². The maximum absolute atomic E-state index is 12.5. The number of rotatable bonds is 15. The molecular weight excluding hydrogens is 480 g/mol. The van der Waals surface area contributed by atoms with Crippen LogP contribution in [0.1, 0.15) is 73.5 Å². The van der Waals surface area contributed by atoms with Crippen LogP contribution >= 0.6 is 0 Å². The molecule has 9 nitrogen and oxygen atoms in total. The first-order valence-electron chi connectivity index (χ1n) is 12.5. The first kappa shape index (κ1) is 26.5. The first-order chi connectivity index (χ1) is 18.0. The van der Waals surface area contributed by atoms with E-state index in [1.165, 1.54) is 12.1 Å². The van der Waals surface area contributed by atoms with Gasteiger partial charge in [0.05, 0.1) is 49.2 Å². The maximum atomic E-state index is 12.5. The van der Waals surface area contributed by atoms with E-state index >= 15 is 0 Å². The van der Waals surface area contributed by atoms with Gasteiger partial charge in [0.2, 0.25) is 0 Å². The molecule has 4 rings (SSSR count). The molecule has 2 aliphatic heterocycles. The van der Waals surface area contributed by atoms with Gasteiger partial charge in [0, 0.05) is 12.0 Å². The second kappa shape index (κ2) is 13.1. The fourth-order valence-electron chi connectivity index (χ4n) is 3.70. The lowest BCUT2D eigenvalue weighted by atomic mass is 10.0. The van der Waals surface area contributed by atoms with Crippen molar-refractivity contribution >= 4 is 23.7 Å². The number of epoxide rings is 2. The predicted octanol–water partition coefficient (Wildman–Crippen LogP) is 3.79. The number of Topliss-reactive ketones (excluding diaryl/α,β-unsaturated/α-hetero) is 1. The van der Waals surface area contributed by atoms with Crippen LogP contribution in [0.2, 0.25) is 0 Å². The van der Waals surface area contributed by atoms with E-state index in [-0.39, 0.29) is 60.9 Å². The van der Waals surface area contributed by atoms with Gasteiger partial charge in [-0.15, -0.1) is 0 Å². The lowest BCUT2D eigenvalue weighted by Gasteiger charge is -2.10. The van der Waals surface area contributed by atoms with E-state index < -0.39 is 17.9 Å². The van der Waals surface area contributed by atoms with Crippen molar-refractivity contribution in [3.8, 4) is 0 Å². The summed E-state index contributed by atoms with van der Waals surface area (Å²) in [6.45, 7) is 1.76. The third-order valence-electron chi connectivity index (χ3n) is 5.94. The standard InChI is InChI=1S/C28H30O9/c29-25(15-19-16-35-19)21-9-3-4-10-22(21)26(30)33-13-7-1-2-8-14-34-27(31)23-11-5-6-12-24(23)28(32)37-18-20-17-36-20/h3-6,9-12,19-20H,1-2,7-8,13-18H2. The monoisotopic (exact) mass is 510 g/mol. The number of ether oxygens (including phenoxy) is 5. The van der Waals surface area contributed by atoms with Crippen molar-refractivity contribution in [1.82, 2.24) is 0 Å². The van der Waals surface area contributed by atoms with Crippen molar-refractivity contribution in [2.45, 2.75) is 44.3 Å². The molecule has 0 amide bonds. The topological polar surface area (TPSA) is 121 Å².